The van der Waals surface area contributed by atoms with Crippen LogP contribution >= 0.6 is 23.7 Å². The normalized spacial score (nSPS) is 18.8. The number of hydrogen-bond acceptors (Lipinski definition) is 6. The maximum Gasteiger partial charge on any atom is 0.260 e. The van der Waals surface area contributed by atoms with Gasteiger partial charge in [-0.05, 0) is 74.8 Å². The van der Waals surface area contributed by atoms with E-state index in [-0.39, 0.29) is 29.0 Å². The Bertz CT molecular complexity index is 1300. The van der Waals surface area contributed by atoms with Gasteiger partial charge in [0.1, 0.15) is 5.82 Å². The van der Waals surface area contributed by atoms with Crippen molar-refractivity contribution in [3.05, 3.63) is 53.8 Å². The Balaban J connectivity index is 0.00000361. The number of aromatic nitrogens is 1. The van der Waals surface area contributed by atoms with E-state index in [1.807, 2.05) is 19.0 Å². The fourth-order valence-electron chi connectivity index (χ4n) is 4.46. The highest BCUT2D eigenvalue weighted by Crippen LogP contribution is 2.31. The van der Waals surface area contributed by atoms with Crippen molar-refractivity contribution in [1.29, 1.82) is 0 Å². The number of rotatable bonds is 7. The molecule has 0 spiro atoms. The number of carbonyl (C=O) groups excluding carboxylic acids is 1. The Morgan fingerprint density at radius 1 is 1.08 bits per heavy atom. The van der Waals surface area contributed by atoms with Gasteiger partial charge < -0.3 is 4.90 Å². The van der Waals surface area contributed by atoms with Gasteiger partial charge in [0.25, 0.3) is 5.91 Å². The first-order chi connectivity index (χ1) is 16.5. The topological polar surface area (TPSA) is 73.8 Å². The summed E-state index contributed by atoms with van der Waals surface area (Å²) in [4.78, 5) is 21.8. The molecule has 1 amide bonds. The molecule has 0 bridgehead atoms. The largest absolute Gasteiger partial charge is 0.308 e. The molecule has 36 heavy (non-hydrogen) atoms. The van der Waals surface area contributed by atoms with E-state index >= 15 is 0 Å². The third kappa shape index (κ3) is 6.23. The average molecular weight is 555 g/mol. The van der Waals surface area contributed by atoms with Crippen molar-refractivity contribution in [2.45, 2.75) is 25.2 Å². The molecular formula is C25H32ClFN4O3S2. The van der Waals surface area contributed by atoms with Gasteiger partial charge in [-0.3, -0.25) is 9.69 Å². The van der Waals surface area contributed by atoms with Crippen molar-refractivity contribution in [3.63, 3.8) is 0 Å². The van der Waals surface area contributed by atoms with Crippen LogP contribution in [0, 0.1) is 17.7 Å². The van der Waals surface area contributed by atoms with Crippen LogP contribution in [-0.2, 0) is 10.0 Å². The molecule has 0 aliphatic carbocycles. The first kappa shape index (κ1) is 28.5. The predicted molar refractivity (Wildman–Crippen MR) is 145 cm³/mol. The van der Waals surface area contributed by atoms with Gasteiger partial charge in [0.05, 0.1) is 15.1 Å². The fraction of sp³-hybridized carbons (Fsp3) is 0.440. The third-order valence-electron chi connectivity index (χ3n) is 6.16. The molecule has 0 saturated carbocycles. The number of piperidine rings is 1. The van der Waals surface area contributed by atoms with Crippen molar-refractivity contribution in [1.82, 2.24) is 14.2 Å². The molecule has 3 aromatic rings. The number of amides is 1. The standard InChI is InChI=1S/C25H31FN4O3S2.ClH/c1-17-13-18(2)16-29(15-17)35(32,33)21-8-5-19(6-9-21)24(31)30(12-11-28(3)4)25-27-22-10-7-20(26)14-23(22)34-25;/h5-10,14,17-18H,11-13,15-16H2,1-4H3;1H. The molecule has 1 aliphatic rings. The van der Waals surface area contributed by atoms with E-state index in [2.05, 4.69) is 18.8 Å². The molecule has 1 aliphatic heterocycles. The molecule has 0 N–H and O–H groups in total. The van der Waals surface area contributed by atoms with Crippen molar-refractivity contribution in [2.24, 2.45) is 11.8 Å². The zero-order valence-corrected chi connectivity index (χ0v) is 23.3. The first-order valence-electron chi connectivity index (χ1n) is 11.7. The van der Waals surface area contributed by atoms with E-state index in [0.717, 1.165) is 6.42 Å². The lowest BCUT2D eigenvalue weighted by atomic mass is 9.94. The molecular weight excluding hydrogens is 523 g/mol. The number of sulfonamides is 1. The van der Waals surface area contributed by atoms with E-state index in [9.17, 15) is 17.6 Å². The van der Waals surface area contributed by atoms with Crippen molar-refractivity contribution in [2.75, 3.05) is 45.2 Å². The van der Waals surface area contributed by atoms with Crippen molar-refractivity contribution in [3.8, 4) is 0 Å². The molecule has 2 aromatic carbocycles. The molecule has 11 heteroatoms. The van der Waals surface area contributed by atoms with E-state index in [4.69, 9.17) is 0 Å². The Kier molecular flexibility index (Phi) is 9.11. The number of thiazole rings is 1. The van der Waals surface area contributed by atoms with Gasteiger partial charge in [-0.2, -0.15) is 4.31 Å². The number of anilines is 1. The lowest BCUT2D eigenvalue weighted by molar-refractivity contribution is 0.0985. The van der Waals surface area contributed by atoms with Crippen LogP contribution in [0.1, 0.15) is 30.6 Å². The molecule has 2 heterocycles. The molecule has 1 aromatic heterocycles. The lowest BCUT2D eigenvalue weighted by Crippen LogP contribution is -2.42. The van der Waals surface area contributed by atoms with E-state index in [1.54, 1.807) is 27.4 Å². The van der Waals surface area contributed by atoms with E-state index in [0.29, 0.717) is 58.9 Å². The minimum Gasteiger partial charge on any atom is -0.308 e. The number of hydrogen-bond donors (Lipinski definition) is 0. The predicted octanol–water partition coefficient (Wildman–Crippen LogP) is 4.73. The number of likely N-dealkylation sites (N-methyl/N-ethyl adjacent to an activating group) is 1. The molecule has 2 unspecified atom stereocenters. The van der Waals surface area contributed by atoms with E-state index in [1.165, 1.54) is 35.6 Å². The average Bonchev–Trinajstić information content (AvgIpc) is 3.21. The second kappa shape index (κ2) is 11.5. The zero-order chi connectivity index (χ0) is 25.3. The van der Waals surface area contributed by atoms with Crippen LogP contribution in [0.2, 0.25) is 0 Å². The molecule has 1 fully saturated rings. The minimum atomic E-state index is -3.63. The molecule has 1 saturated heterocycles. The summed E-state index contributed by atoms with van der Waals surface area (Å²) in [6.07, 6.45) is 1.01. The molecule has 2 atom stereocenters. The van der Waals surface area contributed by atoms with E-state index < -0.39 is 10.0 Å². The van der Waals surface area contributed by atoms with Gasteiger partial charge in [-0.1, -0.05) is 25.2 Å². The van der Waals surface area contributed by atoms with Crippen LogP contribution in [0.25, 0.3) is 10.2 Å². The third-order valence-corrected chi connectivity index (χ3v) is 9.05. The summed E-state index contributed by atoms with van der Waals surface area (Å²) < 4.78 is 42.3. The summed E-state index contributed by atoms with van der Waals surface area (Å²) in [6, 6.07) is 10.5. The summed E-state index contributed by atoms with van der Waals surface area (Å²) in [7, 11) is 0.200. The van der Waals surface area contributed by atoms with Gasteiger partial charge in [-0.15, -0.1) is 12.4 Å². The fourth-order valence-corrected chi connectivity index (χ4v) is 7.16. The van der Waals surface area contributed by atoms with Gasteiger partial charge >= 0.3 is 0 Å². The highest BCUT2D eigenvalue weighted by molar-refractivity contribution is 7.89. The highest BCUT2D eigenvalue weighted by atomic mass is 35.5. The molecule has 196 valence electrons. The van der Waals surface area contributed by atoms with Crippen molar-refractivity contribution >= 4 is 55.0 Å². The molecule has 4 rings (SSSR count). The maximum atomic E-state index is 13.7. The Morgan fingerprint density at radius 2 is 1.72 bits per heavy atom. The number of benzene rings is 2. The minimum absolute atomic E-state index is 0. The lowest BCUT2D eigenvalue weighted by Gasteiger charge is -2.34. The summed E-state index contributed by atoms with van der Waals surface area (Å²) in [5, 5.41) is 0.477. The van der Waals surface area contributed by atoms with Crippen LogP contribution in [0.5, 0.6) is 0 Å². The van der Waals surface area contributed by atoms with Gasteiger partial charge in [0, 0.05) is 31.7 Å². The quantitative estimate of drug-likeness (QED) is 0.422. The van der Waals surface area contributed by atoms with Gasteiger partial charge in [0.2, 0.25) is 10.0 Å². The van der Waals surface area contributed by atoms with Crippen LogP contribution in [0.15, 0.2) is 47.4 Å². The smallest absolute Gasteiger partial charge is 0.260 e. The van der Waals surface area contributed by atoms with Crippen molar-refractivity contribution < 1.29 is 17.6 Å². The Labute approximate surface area is 222 Å². The van der Waals surface area contributed by atoms with Crippen LogP contribution in [-0.4, -0.2) is 68.8 Å². The highest BCUT2D eigenvalue weighted by Gasteiger charge is 2.32. The Hall–Kier alpha value is -2.11. The first-order valence-corrected chi connectivity index (χ1v) is 13.9. The van der Waals surface area contributed by atoms with Gasteiger partial charge in [-0.25, -0.2) is 17.8 Å². The number of fused-ring (bicyclic) bond motifs is 1. The van der Waals surface area contributed by atoms with Gasteiger partial charge in [0.15, 0.2) is 5.13 Å². The molecule has 7 nitrogen and oxygen atoms in total. The number of carbonyl (C=O) groups is 1. The molecule has 0 radical (unpaired) electrons. The van der Waals surface area contributed by atoms with Crippen LogP contribution < -0.4 is 4.90 Å². The maximum absolute atomic E-state index is 13.7. The zero-order valence-electron chi connectivity index (χ0n) is 20.8. The summed E-state index contributed by atoms with van der Waals surface area (Å²) in [5.74, 6) is -0.0208. The SMILES string of the molecule is CC1CC(C)CN(S(=O)(=O)c2ccc(C(=O)N(CCN(C)C)c3nc4ccc(F)cc4s3)cc2)C1.Cl. The second-order valence-corrected chi connectivity index (χ2v) is 12.6. The summed E-state index contributed by atoms with van der Waals surface area (Å²) in [6.45, 7) is 6.14. The number of nitrogens with zero attached hydrogens (tertiary/aromatic N) is 4. The number of halogens is 2. The monoisotopic (exact) mass is 554 g/mol. The van der Waals surface area contributed by atoms with Crippen LogP contribution in [0.4, 0.5) is 9.52 Å². The summed E-state index contributed by atoms with van der Waals surface area (Å²) >= 11 is 1.25. The Morgan fingerprint density at radius 3 is 2.33 bits per heavy atom. The van der Waals surface area contributed by atoms with Crippen LogP contribution in [0.3, 0.4) is 0 Å². The second-order valence-electron chi connectivity index (χ2n) is 9.66. The summed E-state index contributed by atoms with van der Waals surface area (Å²) in [5.41, 5.74) is 0.994.